The lowest BCUT2D eigenvalue weighted by molar-refractivity contribution is -0.255. The molecule has 104 valence electrons. The molecule has 0 atom stereocenters. The van der Waals surface area contributed by atoms with Crippen molar-refractivity contribution < 1.29 is 14.3 Å². The van der Waals surface area contributed by atoms with Crippen LogP contribution < -0.4 is 5.11 Å². The third-order valence-corrected chi connectivity index (χ3v) is 2.95. The van der Waals surface area contributed by atoms with E-state index >= 15 is 0 Å². The number of benzene rings is 1. The zero-order chi connectivity index (χ0) is 14.9. The standard InChI is InChI=1S/C14H12ClFN2O2/c1-7(2)11-10(13(19)20)12(18-14(15)17-11)8-3-5-9(16)6-4-8/h3-7H,1-2H3,(H,19,20)/p-1. The van der Waals surface area contributed by atoms with Crippen molar-refractivity contribution in [3.8, 4) is 11.3 Å². The molecule has 0 saturated heterocycles. The van der Waals surface area contributed by atoms with E-state index in [4.69, 9.17) is 11.6 Å². The third kappa shape index (κ3) is 2.77. The van der Waals surface area contributed by atoms with Gasteiger partial charge in [-0.3, -0.25) is 0 Å². The minimum Gasteiger partial charge on any atom is -0.545 e. The van der Waals surface area contributed by atoms with Crippen LogP contribution in [0.1, 0.15) is 35.8 Å². The second-order valence-electron chi connectivity index (χ2n) is 4.55. The first-order valence-corrected chi connectivity index (χ1v) is 6.32. The van der Waals surface area contributed by atoms with E-state index in [2.05, 4.69) is 9.97 Å². The van der Waals surface area contributed by atoms with Crippen LogP contribution in [0, 0.1) is 5.82 Å². The van der Waals surface area contributed by atoms with E-state index in [-0.39, 0.29) is 22.5 Å². The largest absolute Gasteiger partial charge is 0.545 e. The Balaban J connectivity index is 2.74. The average molecular weight is 294 g/mol. The van der Waals surface area contributed by atoms with Gasteiger partial charge in [-0.1, -0.05) is 13.8 Å². The summed E-state index contributed by atoms with van der Waals surface area (Å²) in [6, 6.07) is 5.31. The Bertz CT molecular complexity index is 657. The zero-order valence-corrected chi connectivity index (χ0v) is 11.6. The molecule has 1 heterocycles. The normalized spacial score (nSPS) is 10.8. The fourth-order valence-electron chi connectivity index (χ4n) is 1.89. The lowest BCUT2D eigenvalue weighted by Gasteiger charge is -2.16. The summed E-state index contributed by atoms with van der Waals surface area (Å²) in [5.41, 5.74) is 0.755. The lowest BCUT2D eigenvalue weighted by Crippen LogP contribution is -2.26. The van der Waals surface area contributed by atoms with Crippen molar-refractivity contribution in [2.45, 2.75) is 19.8 Å². The van der Waals surface area contributed by atoms with Gasteiger partial charge in [-0.25, -0.2) is 14.4 Å². The summed E-state index contributed by atoms with van der Waals surface area (Å²) in [5, 5.41) is 11.3. The molecule has 0 radical (unpaired) electrons. The quantitative estimate of drug-likeness (QED) is 0.815. The second-order valence-corrected chi connectivity index (χ2v) is 4.89. The molecule has 6 heteroatoms. The maximum Gasteiger partial charge on any atom is 0.223 e. The summed E-state index contributed by atoms with van der Waals surface area (Å²) in [4.78, 5) is 19.3. The van der Waals surface area contributed by atoms with Crippen molar-refractivity contribution in [1.82, 2.24) is 9.97 Å². The van der Waals surface area contributed by atoms with E-state index in [0.29, 0.717) is 11.3 Å². The number of hydrogen-bond donors (Lipinski definition) is 0. The second kappa shape index (κ2) is 5.54. The Labute approximate surface area is 120 Å². The van der Waals surface area contributed by atoms with Crippen molar-refractivity contribution in [2.24, 2.45) is 0 Å². The van der Waals surface area contributed by atoms with Crippen molar-refractivity contribution >= 4 is 17.6 Å². The minimum absolute atomic E-state index is 0.0574. The number of rotatable bonds is 3. The predicted octanol–water partition coefficient (Wildman–Crippen LogP) is 2.42. The summed E-state index contributed by atoms with van der Waals surface area (Å²) in [6.07, 6.45) is 0. The van der Waals surface area contributed by atoms with Crippen molar-refractivity contribution in [3.63, 3.8) is 0 Å². The smallest absolute Gasteiger partial charge is 0.223 e. The van der Waals surface area contributed by atoms with E-state index in [0.717, 1.165) is 0 Å². The molecule has 0 saturated carbocycles. The molecule has 4 nitrogen and oxygen atoms in total. The molecule has 0 N–H and O–H groups in total. The number of nitrogens with zero attached hydrogens (tertiary/aromatic N) is 2. The highest BCUT2D eigenvalue weighted by atomic mass is 35.5. The summed E-state index contributed by atoms with van der Waals surface area (Å²) in [5.74, 6) is -1.97. The van der Waals surface area contributed by atoms with Crippen molar-refractivity contribution in [2.75, 3.05) is 0 Å². The van der Waals surface area contributed by atoms with Crippen LogP contribution in [-0.4, -0.2) is 15.9 Å². The number of hydrogen-bond acceptors (Lipinski definition) is 4. The highest BCUT2D eigenvalue weighted by Crippen LogP contribution is 2.28. The molecule has 0 fully saturated rings. The predicted molar refractivity (Wildman–Crippen MR) is 70.9 cm³/mol. The maximum atomic E-state index is 13.0. The molecule has 0 bridgehead atoms. The van der Waals surface area contributed by atoms with Gasteiger partial charge in [-0.05, 0) is 41.8 Å². The monoisotopic (exact) mass is 293 g/mol. The summed E-state index contributed by atoms with van der Waals surface area (Å²) < 4.78 is 13.0. The maximum absolute atomic E-state index is 13.0. The van der Waals surface area contributed by atoms with Gasteiger partial charge in [0.25, 0.3) is 0 Å². The van der Waals surface area contributed by atoms with E-state index in [9.17, 15) is 14.3 Å². The summed E-state index contributed by atoms with van der Waals surface area (Å²) >= 11 is 5.84. The molecule has 2 rings (SSSR count). The molecule has 1 aromatic heterocycles. The van der Waals surface area contributed by atoms with E-state index < -0.39 is 11.8 Å². The summed E-state index contributed by atoms with van der Waals surface area (Å²) in [6.45, 7) is 3.58. The van der Waals surface area contributed by atoms with E-state index in [1.165, 1.54) is 24.3 Å². The van der Waals surface area contributed by atoms with Crippen LogP contribution in [0.5, 0.6) is 0 Å². The SMILES string of the molecule is CC(C)c1nc(Cl)nc(-c2ccc(F)cc2)c1C(=O)[O-]. The fourth-order valence-corrected chi connectivity index (χ4v) is 2.06. The number of carboxylic acids is 1. The Morgan fingerprint density at radius 2 is 1.85 bits per heavy atom. The molecular weight excluding hydrogens is 283 g/mol. The van der Waals surface area contributed by atoms with Gasteiger partial charge in [-0.15, -0.1) is 0 Å². The fraction of sp³-hybridized carbons (Fsp3) is 0.214. The number of halogens is 2. The Morgan fingerprint density at radius 3 is 2.35 bits per heavy atom. The van der Waals surface area contributed by atoms with Crippen molar-refractivity contribution in [3.05, 3.63) is 46.6 Å². The van der Waals surface area contributed by atoms with Gasteiger partial charge in [0.05, 0.1) is 17.4 Å². The van der Waals surface area contributed by atoms with Gasteiger partial charge in [-0.2, -0.15) is 0 Å². The van der Waals surface area contributed by atoms with Crippen LogP contribution in [0.15, 0.2) is 24.3 Å². The van der Waals surface area contributed by atoms with Gasteiger partial charge in [0.15, 0.2) is 0 Å². The molecule has 0 aliphatic rings. The Hall–Kier alpha value is -2.01. The topological polar surface area (TPSA) is 65.9 Å². The number of aromatic nitrogens is 2. The average Bonchev–Trinajstić information content (AvgIpc) is 2.38. The number of aromatic carboxylic acids is 1. The lowest BCUT2D eigenvalue weighted by atomic mass is 9.99. The number of carbonyl (C=O) groups is 1. The molecule has 0 aliphatic carbocycles. The molecule has 0 unspecified atom stereocenters. The Morgan fingerprint density at radius 1 is 1.25 bits per heavy atom. The van der Waals surface area contributed by atoms with Crippen LogP contribution >= 0.6 is 11.6 Å². The molecular formula is C14H11ClFN2O2-. The zero-order valence-electron chi connectivity index (χ0n) is 10.9. The first kappa shape index (κ1) is 14.4. The van der Waals surface area contributed by atoms with E-state index in [1.54, 1.807) is 13.8 Å². The third-order valence-electron chi connectivity index (χ3n) is 2.78. The van der Waals surface area contributed by atoms with Gasteiger partial charge in [0, 0.05) is 11.1 Å². The molecule has 20 heavy (non-hydrogen) atoms. The molecule has 0 amide bonds. The van der Waals surface area contributed by atoms with Gasteiger partial charge in [0.1, 0.15) is 5.82 Å². The highest BCUT2D eigenvalue weighted by molar-refractivity contribution is 6.28. The molecule has 0 aliphatic heterocycles. The molecule has 1 aromatic carbocycles. The molecule has 0 spiro atoms. The van der Waals surface area contributed by atoms with Crippen LogP contribution in [0.4, 0.5) is 4.39 Å². The van der Waals surface area contributed by atoms with Crippen molar-refractivity contribution in [1.29, 1.82) is 0 Å². The number of carboxylic acid groups (broad SMARTS) is 1. The Kier molecular flexibility index (Phi) is 3.99. The van der Waals surface area contributed by atoms with Gasteiger partial charge < -0.3 is 9.90 Å². The van der Waals surface area contributed by atoms with E-state index in [1.807, 2.05) is 0 Å². The first-order chi connectivity index (χ1) is 9.40. The van der Waals surface area contributed by atoms with Crippen LogP contribution in [-0.2, 0) is 0 Å². The van der Waals surface area contributed by atoms with Gasteiger partial charge in [0.2, 0.25) is 5.28 Å². The first-order valence-electron chi connectivity index (χ1n) is 5.95. The van der Waals surface area contributed by atoms with Crippen LogP contribution in [0.3, 0.4) is 0 Å². The number of carbonyl (C=O) groups excluding carboxylic acids is 1. The highest BCUT2D eigenvalue weighted by Gasteiger charge is 2.18. The van der Waals surface area contributed by atoms with Crippen LogP contribution in [0.2, 0.25) is 5.28 Å². The van der Waals surface area contributed by atoms with Gasteiger partial charge >= 0.3 is 0 Å². The summed E-state index contributed by atoms with van der Waals surface area (Å²) in [7, 11) is 0. The molecule has 2 aromatic rings. The minimum atomic E-state index is -1.38. The van der Waals surface area contributed by atoms with Crippen LogP contribution in [0.25, 0.3) is 11.3 Å².